The molecule has 0 bridgehead atoms. The van der Waals surface area contributed by atoms with Gasteiger partial charge in [-0.3, -0.25) is 0 Å². The summed E-state index contributed by atoms with van der Waals surface area (Å²) in [6, 6.07) is 4.69. The Hall–Kier alpha value is -1.27. The maximum absolute atomic E-state index is 6.81. The zero-order chi connectivity index (χ0) is 24.8. The molecular formula is C29H50O2Si2. The molecule has 0 saturated carbocycles. The van der Waals surface area contributed by atoms with E-state index in [4.69, 9.17) is 8.85 Å². The minimum Gasteiger partial charge on any atom is -0.544 e. The Morgan fingerprint density at radius 1 is 0.939 bits per heavy atom. The number of benzene rings is 1. The van der Waals surface area contributed by atoms with Gasteiger partial charge in [0, 0.05) is 11.5 Å². The second-order valence-electron chi connectivity index (χ2n) is 12.1. The molecule has 1 aromatic rings. The van der Waals surface area contributed by atoms with Crippen LogP contribution in [0.3, 0.4) is 0 Å². The van der Waals surface area contributed by atoms with Crippen molar-refractivity contribution in [2.45, 2.75) is 117 Å². The van der Waals surface area contributed by atoms with Gasteiger partial charge in [0.2, 0.25) is 16.6 Å². The molecule has 4 heteroatoms. The van der Waals surface area contributed by atoms with Crippen LogP contribution in [0, 0.1) is 5.92 Å². The smallest absolute Gasteiger partial charge is 0.242 e. The highest BCUT2D eigenvalue weighted by atomic mass is 28.4. The summed E-state index contributed by atoms with van der Waals surface area (Å²) >= 11 is 0. The predicted molar refractivity (Wildman–Crippen MR) is 151 cm³/mol. The van der Waals surface area contributed by atoms with Gasteiger partial charge in [-0.05, 0) is 102 Å². The van der Waals surface area contributed by atoms with E-state index in [-0.39, 0.29) is 5.92 Å². The number of aryl methyl sites for hydroxylation is 1. The van der Waals surface area contributed by atoms with Crippen LogP contribution in [-0.4, -0.2) is 16.6 Å². The van der Waals surface area contributed by atoms with Crippen LogP contribution in [0.15, 0.2) is 35.9 Å². The van der Waals surface area contributed by atoms with Crippen molar-refractivity contribution in [3.8, 4) is 11.5 Å². The Morgan fingerprint density at radius 2 is 1.48 bits per heavy atom. The van der Waals surface area contributed by atoms with Crippen LogP contribution in [0.2, 0.25) is 39.3 Å². The predicted octanol–water partition coefficient (Wildman–Crippen LogP) is 9.64. The molecule has 1 aliphatic carbocycles. The Morgan fingerprint density at radius 3 is 1.97 bits per heavy atom. The van der Waals surface area contributed by atoms with Gasteiger partial charge < -0.3 is 8.85 Å². The van der Waals surface area contributed by atoms with Gasteiger partial charge in [-0.25, -0.2) is 0 Å². The molecule has 2 rings (SSSR count). The van der Waals surface area contributed by atoms with E-state index in [1.54, 1.807) is 0 Å². The summed E-state index contributed by atoms with van der Waals surface area (Å²) in [5.74, 6) is 2.83. The highest BCUT2D eigenvalue weighted by Crippen LogP contribution is 2.48. The van der Waals surface area contributed by atoms with Crippen LogP contribution >= 0.6 is 0 Å². The van der Waals surface area contributed by atoms with Crippen LogP contribution in [0.25, 0.3) is 0 Å². The molecular weight excluding hydrogens is 436 g/mol. The maximum Gasteiger partial charge on any atom is 0.242 e. The van der Waals surface area contributed by atoms with Crippen LogP contribution in [0.5, 0.6) is 11.5 Å². The van der Waals surface area contributed by atoms with E-state index in [2.05, 4.69) is 84.8 Å². The highest BCUT2D eigenvalue weighted by Gasteiger charge is 2.33. The summed E-state index contributed by atoms with van der Waals surface area (Å²) in [7, 11) is -3.60. The zero-order valence-corrected chi connectivity index (χ0v) is 25.1. The summed E-state index contributed by atoms with van der Waals surface area (Å²) in [5, 5.41) is 0. The maximum atomic E-state index is 6.81. The van der Waals surface area contributed by atoms with E-state index >= 15 is 0 Å². The summed E-state index contributed by atoms with van der Waals surface area (Å²) in [5.41, 5.74) is 5.36. The molecule has 2 atom stereocenters. The van der Waals surface area contributed by atoms with E-state index in [0.29, 0.717) is 5.92 Å². The van der Waals surface area contributed by atoms with Gasteiger partial charge in [0.15, 0.2) is 0 Å². The zero-order valence-electron chi connectivity index (χ0n) is 23.1. The molecule has 33 heavy (non-hydrogen) atoms. The van der Waals surface area contributed by atoms with Crippen molar-refractivity contribution in [1.82, 2.24) is 0 Å². The van der Waals surface area contributed by atoms with Gasteiger partial charge in [0.05, 0.1) is 0 Å². The fourth-order valence-electron chi connectivity index (χ4n) is 4.80. The lowest BCUT2D eigenvalue weighted by molar-refractivity contribution is 0.447. The summed E-state index contributed by atoms with van der Waals surface area (Å²) in [6.07, 6.45) is 12.4. The summed E-state index contributed by atoms with van der Waals surface area (Å²) < 4.78 is 13.6. The lowest BCUT2D eigenvalue weighted by atomic mass is 9.73. The molecule has 0 saturated heterocycles. The van der Waals surface area contributed by atoms with Gasteiger partial charge in [-0.1, -0.05) is 56.4 Å². The molecule has 1 aliphatic rings. The number of hydrogen-bond donors (Lipinski definition) is 0. The molecule has 186 valence electrons. The molecule has 0 fully saturated rings. The second-order valence-corrected chi connectivity index (χ2v) is 21.0. The lowest BCUT2D eigenvalue weighted by Gasteiger charge is -2.35. The molecule has 0 amide bonds. The largest absolute Gasteiger partial charge is 0.544 e. The second kappa shape index (κ2) is 11.9. The first kappa shape index (κ1) is 28.0. The van der Waals surface area contributed by atoms with E-state index < -0.39 is 16.6 Å². The molecule has 0 aliphatic heterocycles. The molecule has 0 heterocycles. The highest BCUT2D eigenvalue weighted by molar-refractivity contribution is 6.71. The van der Waals surface area contributed by atoms with E-state index in [1.165, 1.54) is 54.4 Å². The van der Waals surface area contributed by atoms with Crippen LogP contribution in [-0.2, 0) is 6.42 Å². The quantitative estimate of drug-likeness (QED) is 0.166. The third-order valence-electron chi connectivity index (χ3n) is 6.28. The Balaban J connectivity index is 2.60. The molecule has 1 aromatic carbocycles. The fraction of sp³-hybridized carbons (Fsp3) is 0.655. The van der Waals surface area contributed by atoms with Gasteiger partial charge in [0.25, 0.3) is 0 Å². The van der Waals surface area contributed by atoms with Crippen molar-refractivity contribution in [2.75, 3.05) is 0 Å². The normalized spacial score (nSPS) is 19.2. The monoisotopic (exact) mass is 486 g/mol. The van der Waals surface area contributed by atoms with Gasteiger partial charge >= 0.3 is 0 Å². The Labute approximate surface area is 207 Å². The average Bonchev–Trinajstić information content (AvgIpc) is 2.65. The van der Waals surface area contributed by atoms with Gasteiger partial charge in [0.1, 0.15) is 11.5 Å². The number of rotatable bonds is 12. The third kappa shape index (κ3) is 9.12. The molecule has 2 nitrogen and oxygen atoms in total. The van der Waals surface area contributed by atoms with Crippen LogP contribution < -0.4 is 8.85 Å². The molecule has 0 spiro atoms. The summed E-state index contributed by atoms with van der Waals surface area (Å²) in [6.45, 7) is 24.8. The summed E-state index contributed by atoms with van der Waals surface area (Å²) in [4.78, 5) is 0. The minimum atomic E-state index is -1.80. The molecule has 0 radical (unpaired) electrons. The average molecular weight is 487 g/mol. The molecule has 0 aromatic heterocycles. The van der Waals surface area contributed by atoms with Crippen molar-refractivity contribution in [3.05, 3.63) is 47.1 Å². The van der Waals surface area contributed by atoms with Crippen molar-refractivity contribution in [2.24, 2.45) is 5.92 Å². The Bertz CT molecular complexity index is 790. The fourth-order valence-corrected chi connectivity index (χ4v) is 6.45. The van der Waals surface area contributed by atoms with E-state index in [0.717, 1.165) is 30.8 Å². The third-order valence-corrected chi connectivity index (χ3v) is 7.94. The minimum absolute atomic E-state index is 0.271. The van der Waals surface area contributed by atoms with Crippen LogP contribution in [0.1, 0.15) is 82.8 Å². The number of allylic oxidation sites excluding steroid dienone is 3. The topological polar surface area (TPSA) is 18.5 Å². The first-order valence-electron chi connectivity index (χ1n) is 13.2. The van der Waals surface area contributed by atoms with E-state index in [1.807, 2.05) is 0 Å². The van der Waals surface area contributed by atoms with Gasteiger partial charge in [-0.15, -0.1) is 0 Å². The van der Waals surface area contributed by atoms with E-state index in [9.17, 15) is 0 Å². The number of hydrogen-bond acceptors (Lipinski definition) is 2. The lowest BCUT2D eigenvalue weighted by Crippen LogP contribution is -2.33. The van der Waals surface area contributed by atoms with Crippen molar-refractivity contribution >= 4 is 16.6 Å². The van der Waals surface area contributed by atoms with Gasteiger partial charge in [-0.2, -0.15) is 0 Å². The standard InChI is InChI=1S/C29H50O2Si2/c1-11-12-13-14-15-16-24-20-27(30-32(5,6)7)29(28(21-24)31-33(8,9)10)26-19-23(4)17-18-25(26)22(2)3/h19-21,25-26H,2,11-18H2,1,3-10H3/t25-,26+/m0/s1. The first-order valence-corrected chi connectivity index (χ1v) is 20.0. The Kier molecular flexibility index (Phi) is 10.1. The van der Waals surface area contributed by atoms with Crippen molar-refractivity contribution in [3.63, 3.8) is 0 Å². The van der Waals surface area contributed by atoms with Crippen molar-refractivity contribution in [1.29, 1.82) is 0 Å². The number of unbranched alkanes of at least 4 members (excludes halogenated alkanes) is 4. The first-order chi connectivity index (χ1) is 15.3. The molecule has 0 N–H and O–H groups in total. The van der Waals surface area contributed by atoms with Crippen LogP contribution in [0.4, 0.5) is 0 Å². The van der Waals surface area contributed by atoms with Crippen molar-refractivity contribution < 1.29 is 8.85 Å². The molecule has 0 unspecified atom stereocenters. The SMILES string of the molecule is C=C(C)[C@@H]1CCC(C)=C[C@H]1c1c(O[Si](C)(C)C)cc(CCCCCCC)cc1O[Si](C)(C)C.